The fraction of sp³-hybridized carbons (Fsp3) is 0.429. The number of urea groups is 1. The lowest BCUT2D eigenvalue weighted by molar-refractivity contribution is -0.0411. The van der Waals surface area contributed by atoms with Crippen molar-refractivity contribution in [2.45, 2.75) is 43.4 Å². The summed E-state index contributed by atoms with van der Waals surface area (Å²) in [4.78, 5) is 15.5. The summed E-state index contributed by atoms with van der Waals surface area (Å²) in [6, 6.07) is 16.7. The summed E-state index contributed by atoms with van der Waals surface area (Å²) in [7, 11) is 2.07. The van der Waals surface area contributed by atoms with Crippen molar-refractivity contribution in [3.05, 3.63) is 71.3 Å². The molecule has 2 heterocycles. The number of carbonyl (C=O) groups is 1. The number of likely N-dealkylation sites (N-methyl/N-ethyl adjacent to an activating group) is 1. The van der Waals surface area contributed by atoms with Crippen LogP contribution in [0.15, 0.2) is 54.6 Å². The number of fused-ring (bicyclic) bond motifs is 2. The Morgan fingerprint density at radius 3 is 2.70 bits per heavy atom. The molecular weight excluding hydrogens is 470 g/mol. The monoisotopic (exact) mass is 503 g/mol. The highest BCUT2D eigenvalue weighted by Crippen LogP contribution is 2.59. The normalized spacial score (nSPS) is 24.0. The maximum Gasteiger partial charge on any atom is 0.320 e. The average molecular weight is 504 g/mol. The van der Waals surface area contributed by atoms with Gasteiger partial charge in [0.15, 0.2) is 0 Å². The van der Waals surface area contributed by atoms with Gasteiger partial charge < -0.3 is 24.8 Å². The molecular formula is C28H33N5O4. The highest BCUT2D eigenvalue weighted by Gasteiger charge is 2.59. The quantitative estimate of drug-likeness (QED) is 0.478. The number of benzene rings is 2. The molecule has 37 heavy (non-hydrogen) atoms. The van der Waals surface area contributed by atoms with Crippen LogP contribution in [0.5, 0.6) is 5.88 Å². The van der Waals surface area contributed by atoms with E-state index in [1.165, 1.54) is 0 Å². The molecule has 3 atom stereocenters. The molecule has 9 heteroatoms. The second-order valence-corrected chi connectivity index (χ2v) is 10.4. The van der Waals surface area contributed by atoms with Crippen LogP contribution in [0.1, 0.15) is 35.6 Å². The lowest BCUT2D eigenvalue weighted by atomic mass is 9.97. The third kappa shape index (κ3) is 4.37. The number of ether oxygens (including phenoxy) is 2. The van der Waals surface area contributed by atoms with Gasteiger partial charge in [-0.1, -0.05) is 42.5 Å². The van der Waals surface area contributed by atoms with Gasteiger partial charge >= 0.3 is 6.03 Å². The maximum atomic E-state index is 13.3. The minimum absolute atomic E-state index is 0.0431. The van der Waals surface area contributed by atoms with Crippen molar-refractivity contribution in [3.8, 4) is 11.6 Å². The van der Waals surface area contributed by atoms with E-state index >= 15 is 0 Å². The third-order valence-electron chi connectivity index (χ3n) is 7.85. The Hall–Kier alpha value is -3.40. The molecule has 3 aromatic rings. The molecule has 1 aliphatic heterocycles. The van der Waals surface area contributed by atoms with Gasteiger partial charge in [0.05, 0.1) is 30.0 Å². The second kappa shape index (κ2) is 9.48. The van der Waals surface area contributed by atoms with Crippen LogP contribution in [0.2, 0.25) is 0 Å². The number of amides is 2. The van der Waals surface area contributed by atoms with E-state index in [-0.39, 0.29) is 11.5 Å². The van der Waals surface area contributed by atoms with Gasteiger partial charge in [-0.2, -0.15) is 0 Å². The standard InChI is InChI=1S/C28H33N5O4/c1-18-25(30-27(35)29-23-21-10-6-7-11-22(21)28(12-13-28)24(23)34)33(19-8-4-3-5-9-19)31-26(18)37-17-20-16-32(2)14-15-36-20/h3-11,20,23-24,34H,12-17H2,1-2H3,(H2,29,30,35)/t20-,23?,24+/m1/s1. The summed E-state index contributed by atoms with van der Waals surface area (Å²) in [6.45, 7) is 4.62. The van der Waals surface area contributed by atoms with E-state index < -0.39 is 18.2 Å². The zero-order chi connectivity index (χ0) is 25.6. The number of aliphatic hydroxyl groups excluding tert-OH is 1. The molecule has 0 bridgehead atoms. The van der Waals surface area contributed by atoms with Gasteiger partial charge in [0.2, 0.25) is 5.88 Å². The molecule has 6 rings (SSSR count). The molecule has 0 radical (unpaired) electrons. The highest BCUT2D eigenvalue weighted by molar-refractivity contribution is 5.90. The molecule has 1 aromatic heterocycles. The molecule has 3 N–H and O–H groups in total. The van der Waals surface area contributed by atoms with E-state index in [0.29, 0.717) is 30.5 Å². The van der Waals surface area contributed by atoms with Gasteiger partial charge in [-0.15, -0.1) is 5.10 Å². The minimum Gasteiger partial charge on any atom is -0.474 e. The lowest BCUT2D eigenvalue weighted by Gasteiger charge is -2.29. The van der Waals surface area contributed by atoms with Gasteiger partial charge in [0.1, 0.15) is 18.5 Å². The Labute approximate surface area is 216 Å². The molecule has 2 aliphatic carbocycles. The summed E-state index contributed by atoms with van der Waals surface area (Å²) < 4.78 is 13.6. The first-order valence-electron chi connectivity index (χ1n) is 12.9. The Morgan fingerprint density at radius 1 is 1.19 bits per heavy atom. The largest absolute Gasteiger partial charge is 0.474 e. The van der Waals surface area contributed by atoms with Gasteiger partial charge in [0, 0.05) is 18.5 Å². The van der Waals surface area contributed by atoms with Crippen molar-refractivity contribution in [1.82, 2.24) is 20.0 Å². The summed E-state index contributed by atoms with van der Waals surface area (Å²) >= 11 is 0. The van der Waals surface area contributed by atoms with E-state index in [1.54, 1.807) is 4.68 Å². The number of carbonyl (C=O) groups excluding carboxylic acids is 1. The molecule has 2 amide bonds. The van der Waals surface area contributed by atoms with Crippen molar-refractivity contribution >= 4 is 11.8 Å². The summed E-state index contributed by atoms with van der Waals surface area (Å²) in [6.07, 6.45) is 1.18. The van der Waals surface area contributed by atoms with Gasteiger partial charge in [-0.3, -0.25) is 5.32 Å². The first-order valence-corrected chi connectivity index (χ1v) is 12.9. The molecule has 2 aromatic carbocycles. The Morgan fingerprint density at radius 2 is 1.95 bits per heavy atom. The third-order valence-corrected chi connectivity index (χ3v) is 7.85. The predicted molar refractivity (Wildman–Crippen MR) is 139 cm³/mol. The SMILES string of the molecule is Cc1c(OC[C@H]2CN(C)CCO2)nn(-c2ccccc2)c1NC(=O)NC1c2ccccc2C2(CC2)[C@H]1O. The lowest BCUT2D eigenvalue weighted by Crippen LogP contribution is -2.42. The minimum atomic E-state index is -0.650. The summed E-state index contributed by atoms with van der Waals surface area (Å²) in [5.74, 6) is 0.960. The predicted octanol–water partition coefficient (Wildman–Crippen LogP) is 3.16. The van der Waals surface area contributed by atoms with Crippen molar-refractivity contribution in [1.29, 1.82) is 0 Å². The number of aromatic nitrogens is 2. The number of anilines is 1. The number of morpholine rings is 1. The number of hydrogen-bond donors (Lipinski definition) is 3. The zero-order valence-electron chi connectivity index (χ0n) is 21.2. The molecule has 1 spiro atoms. The molecule has 1 saturated heterocycles. The Kier molecular flexibility index (Phi) is 6.14. The van der Waals surface area contributed by atoms with Crippen molar-refractivity contribution < 1.29 is 19.4 Å². The number of aliphatic hydroxyl groups is 1. The van der Waals surface area contributed by atoms with Crippen LogP contribution >= 0.6 is 0 Å². The smallest absolute Gasteiger partial charge is 0.320 e. The maximum absolute atomic E-state index is 13.3. The van der Waals surface area contributed by atoms with Gasteiger partial charge in [-0.05, 0) is 50.1 Å². The van der Waals surface area contributed by atoms with Crippen molar-refractivity contribution in [2.24, 2.45) is 0 Å². The second-order valence-electron chi connectivity index (χ2n) is 10.4. The Bertz CT molecular complexity index is 1290. The molecule has 1 saturated carbocycles. The van der Waals surface area contributed by atoms with Gasteiger partial charge in [-0.25, -0.2) is 9.48 Å². The molecule has 2 fully saturated rings. The van der Waals surface area contributed by atoms with E-state index in [2.05, 4.69) is 33.7 Å². The van der Waals surface area contributed by atoms with Crippen LogP contribution in [0.25, 0.3) is 5.69 Å². The van der Waals surface area contributed by atoms with Crippen LogP contribution in [-0.2, 0) is 10.2 Å². The van der Waals surface area contributed by atoms with Crippen LogP contribution in [0.4, 0.5) is 10.6 Å². The molecule has 194 valence electrons. The zero-order valence-corrected chi connectivity index (χ0v) is 21.2. The topological polar surface area (TPSA) is 101 Å². The van der Waals surface area contributed by atoms with Crippen LogP contribution in [0.3, 0.4) is 0 Å². The molecule has 9 nitrogen and oxygen atoms in total. The van der Waals surface area contributed by atoms with E-state index in [9.17, 15) is 9.90 Å². The first-order chi connectivity index (χ1) is 18.0. The van der Waals surface area contributed by atoms with E-state index in [0.717, 1.165) is 42.7 Å². The fourth-order valence-corrected chi connectivity index (χ4v) is 5.67. The van der Waals surface area contributed by atoms with Crippen LogP contribution in [0, 0.1) is 6.92 Å². The summed E-state index contributed by atoms with van der Waals surface area (Å²) in [5.41, 5.74) is 3.41. The molecule has 1 unspecified atom stereocenters. The number of hydrogen-bond acceptors (Lipinski definition) is 6. The first kappa shape index (κ1) is 24.0. The van der Waals surface area contributed by atoms with Crippen LogP contribution < -0.4 is 15.4 Å². The molecule has 3 aliphatic rings. The number of nitrogens with one attached hydrogen (secondary N) is 2. The van der Waals surface area contributed by atoms with E-state index in [4.69, 9.17) is 9.47 Å². The highest BCUT2D eigenvalue weighted by atomic mass is 16.5. The number of para-hydroxylation sites is 1. The van der Waals surface area contributed by atoms with E-state index in [1.807, 2.05) is 55.5 Å². The Balaban J connectivity index is 1.23. The van der Waals surface area contributed by atoms with Gasteiger partial charge in [0.25, 0.3) is 0 Å². The average Bonchev–Trinajstić information content (AvgIpc) is 3.62. The van der Waals surface area contributed by atoms with Crippen molar-refractivity contribution in [3.63, 3.8) is 0 Å². The fourth-order valence-electron chi connectivity index (χ4n) is 5.67. The number of rotatable bonds is 6. The van der Waals surface area contributed by atoms with Crippen LogP contribution in [-0.4, -0.2) is 71.4 Å². The van der Waals surface area contributed by atoms with Crippen molar-refractivity contribution in [2.75, 3.05) is 38.7 Å². The summed E-state index contributed by atoms with van der Waals surface area (Å²) in [5, 5.41) is 21.8. The number of nitrogens with zero attached hydrogens (tertiary/aromatic N) is 3.